The summed E-state index contributed by atoms with van der Waals surface area (Å²) in [5, 5.41) is 10.4. The molecule has 2 aliphatic rings. The quantitative estimate of drug-likeness (QED) is 0.327. The average Bonchev–Trinajstić information content (AvgIpc) is 3.00. The summed E-state index contributed by atoms with van der Waals surface area (Å²) < 4.78 is 31.4. The van der Waals surface area contributed by atoms with Gasteiger partial charge < -0.3 is 4.74 Å². The van der Waals surface area contributed by atoms with Crippen LogP contribution in [-0.2, 0) is 31.2 Å². The van der Waals surface area contributed by atoms with Crippen molar-refractivity contribution in [2.45, 2.75) is 41.6 Å². The fourth-order valence-corrected chi connectivity index (χ4v) is 7.20. The highest BCUT2D eigenvalue weighted by Gasteiger charge is 2.63. The third-order valence-electron chi connectivity index (χ3n) is 4.53. The van der Waals surface area contributed by atoms with Gasteiger partial charge in [0.05, 0.1) is 5.70 Å². The number of carbonyl (C=O) groups excluding carboxylic acids is 2. The van der Waals surface area contributed by atoms with Crippen LogP contribution >= 0.6 is 27.7 Å². The summed E-state index contributed by atoms with van der Waals surface area (Å²) in [5.41, 5.74) is -0.406. The van der Waals surface area contributed by atoms with E-state index in [1.54, 1.807) is 27.8 Å². The van der Waals surface area contributed by atoms with E-state index in [9.17, 15) is 18.0 Å². The largest absolute Gasteiger partial charge is 0.368 e. The molecule has 3 heterocycles. The molecule has 1 unspecified atom stereocenters. The molecule has 0 saturated carbocycles. The van der Waals surface area contributed by atoms with E-state index in [4.69, 9.17) is 4.74 Å². The van der Waals surface area contributed by atoms with Crippen LogP contribution < -0.4 is 0 Å². The first-order chi connectivity index (χ1) is 12.9. The smallest absolute Gasteiger partial charge is 0.260 e. The summed E-state index contributed by atoms with van der Waals surface area (Å²) in [6.45, 7) is 5.16. The van der Waals surface area contributed by atoms with E-state index in [0.717, 1.165) is 4.90 Å². The number of halogens is 1. The number of ether oxygens (including phenoxy) is 1. The SMILES string of the molecule is CO[C@H]1C(=O)N2C(C(=O)C(C)(C)C)=C(CSc3nnnn3C)C(Br)S(=O)(=O)[C@H]12. The van der Waals surface area contributed by atoms with Crippen molar-refractivity contribution in [3.8, 4) is 0 Å². The van der Waals surface area contributed by atoms with Crippen LogP contribution in [0.4, 0.5) is 0 Å². The first-order valence-corrected chi connectivity index (χ1v) is 11.8. The van der Waals surface area contributed by atoms with E-state index in [1.165, 1.54) is 23.6 Å². The highest BCUT2D eigenvalue weighted by atomic mass is 79.9. The second-order valence-corrected chi connectivity index (χ2v) is 12.1. The Kier molecular flexibility index (Phi) is 5.49. The molecule has 1 fully saturated rings. The average molecular weight is 494 g/mol. The fourth-order valence-electron chi connectivity index (χ4n) is 3.02. The fraction of sp³-hybridized carbons (Fsp3) is 0.667. The van der Waals surface area contributed by atoms with Crippen molar-refractivity contribution >= 4 is 49.2 Å². The third-order valence-corrected chi connectivity index (χ3v) is 9.69. The Morgan fingerprint density at radius 1 is 1.36 bits per heavy atom. The number of Topliss-reactive ketones (excluding diaryl/α,β-unsaturated/α-hetero) is 1. The van der Waals surface area contributed by atoms with Gasteiger partial charge in [-0.05, 0) is 16.0 Å². The molecule has 13 heteroatoms. The highest BCUT2D eigenvalue weighted by molar-refractivity contribution is 9.11. The van der Waals surface area contributed by atoms with Gasteiger partial charge in [-0.3, -0.25) is 14.5 Å². The number of carbonyl (C=O) groups is 2. The Balaban J connectivity index is 2.12. The second kappa shape index (κ2) is 7.18. The first-order valence-electron chi connectivity index (χ1n) is 8.28. The number of aryl methyl sites for hydroxylation is 1. The summed E-state index contributed by atoms with van der Waals surface area (Å²) in [7, 11) is -0.914. The van der Waals surface area contributed by atoms with Crippen LogP contribution in [0.5, 0.6) is 0 Å². The summed E-state index contributed by atoms with van der Waals surface area (Å²) >= 11 is 4.43. The molecule has 0 radical (unpaired) electrons. The number of fused-ring (bicyclic) bond motifs is 1. The van der Waals surface area contributed by atoms with Crippen LogP contribution in [0.2, 0.25) is 0 Å². The highest BCUT2D eigenvalue weighted by Crippen LogP contribution is 2.46. The minimum absolute atomic E-state index is 0.107. The van der Waals surface area contributed by atoms with Gasteiger partial charge in [0.1, 0.15) is 4.16 Å². The van der Waals surface area contributed by atoms with Gasteiger partial charge in [-0.15, -0.1) is 5.10 Å². The molecule has 28 heavy (non-hydrogen) atoms. The number of hydrogen-bond acceptors (Lipinski definition) is 9. The van der Waals surface area contributed by atoms with Crippen LogP contribution in [0.25, 0.3) is 0 Å². The summed E-state index contributed by atoms with van der Waals surface area (Å²) in [6, 6.07) is 0. The monoisotopic (exact) mass is 493 g/mol. The number of tetrazole rings is 1. The van der Waals surface area contributed by atoms with Gasteiger partial charge in [-0.25, -0.2) is 13.1 Å². The number of allylic oxidation sites excluding steroid dienone is 1. The summed E-state index contributed by atoms with van der Waals surface area (Å²) in [6.07, 6.45) is -1.12. The van der Waals surface area contributed by atoms with E-state index >= 15 is 0 Å². The lowest BCUT2D eigenvalue weighted by molar-refractivity contribution is -0.161. The molecule has 0 spiro atoms. The number of β-lactam (4-membered cyclic amide) rings is 1. The number of methoxy groups -OCH3 is 1. The number of hydrogen-bond donors (Lipinski definition) is 0. The number of ketones is 1. The molecular formula is C15H20BrN5O5S2. The van der Waals surface area contributed by atoms with Gasteiger partial charge >= 0.3 is 0 Å². The van der Waals surface area contributed by atoms with E-state index in [0.29, 0.717) is 10.7 Å². The zero-order chi connectivity index (χ0) is 21.0. The van der Waals surface area contributed by atoms with Crippen molar-refractivity contribution < 1.29 is 22.7 Å². The van der Waals surface area contributed by atoms with Gasteiger partial charge in [0.25, 0.3) is 5.91 Å². The Hall–Kier alpha value is -1.31. The minimum Gasteiger partial charge on any atom is -0.368 e. The summed E-state index contributed by atoms with van der Waals surface area (Å²) in [4.78, 5) is 26.8. The van der Waals surface area contributed by atoms with Crippen molar-refractivity contribution in [3.63, 3.8) is 0 Å². The van der Waals surface area contributed by atoms with Crippen LogP contribution in [0.3, 0.4) is 0 Å². The van der Waals surface area contributed by atoms with Crippen molar-refractivity contribution in [2.24, 2.45) is 12.5 Å². The van der Waals surface area contributed by atoms with E-state index in [-0.39, 0.29) is 17.2 Å². The van der Waals surface area contributed by atoms with Gasteiger partial charge in [-0.1, -0.05) is 48.5 Å². The van der Waals surface area contributed by atoms with Crippen molar-refractivity contribution in [2.75, 3.05) is 12.9 Å². The lowest BCUT2D eigenvalue weighted by Crippen LogP contribution is -2.71. The predicted octanol–water partition coefficient (Wildman–Crippen LogP) is 0.504. The van der Waals surface area contributed by atoms with E-state index < -0.39 is 36.8 Å². The van der Waals surface area contributed by atoms with Crippen LogP contribution in [0.15, 0.2) is 16.4 Å². The molecule has 0 aliphatic carbocycles. The van der Waals surface area contributed by atoms with Gasteiger partial charge in [-0.2, -0.15) is 0 Å². The van der Waals surface area contributed by atoms with Crippen molar-refractivity contribution in [1.82, 2.24) is 25.1 Å². The molecule has 1 saturated heterocycles. The Morgan fingerprint density at radius 2 is 2.00 bits per heavy atom. The molecule has 154 valence electrons. The number of alkyl halides is 1. The normalized spacial score (nSPS) is 26.9. The second-order valence-electron chi connectivity index (χ2n) is 7.49. The van der Waals surface area contributed by atoms with Gasteiger partial charge in [0.2, 0.25) is 5.16 Å². The third kappa shape index (κ3) is 3.21. The maximum absolute atomic E-state index is 13.2. The molecular weight excluding hydrogens is 474 g/mol. The lowest BCUT2D eigenvalue weighted by Gasteiger charge is -2.50. The Bertz CT molecular complexity index is 968. The number of thioether (sulfide) groups is 1. The molecule has 10 nitrogen and oxygen atoms in total. The standard InChI is InChI=1S/C15H20BrN5O5S2/c1-15(2,3)10(22)8-7(6-27-14-17-18-19-20(14)4)11(16)28(24,25)13-9(26-5)12(23)21(8)13/h9,11,13H,6H2,1-5H3/t9-,11?,13+/m0/s1. The predicted molar refractivity (Wildman–Crippen MR) is 104 cm³/mol. The van der Waals surface area contributed by atoms with Crippen LogP contribution in [-0.4, -0.2) is 73.7 Å². The molecule has 1 aromatic rings. The first kappa shape index (κ1) is 21.4. The molecule has 0 aromatic carbocycles. The maximum atomic E-state index is 13.2. The van der Waals surface area contributed by atoms with Gasteiger partial charge in [0.15, 0.2) is 27.1 Å². The number of rotatable bonds is 5. The summed E-state index contributed by atoms with van der Waals surface area (Å²) in [5.74, 6) is -0.730. The number of nitrogens with zero attached hydrogens (tertiary/aromatic N) is 5. The van der Waals surface area contributed by atoms with E-state index in [2.05, 4.69) is 31.5 Å². The van der Waals surface area contributed by atoms with Crippen molar-refractivity contribution in [3.05, 3.63) is 11.3 Å². The number of aromatic nitrogens is 4. The zero-order valence-corrected chi connectivity index (χ0v) is 19.1. The molecule has 3 atom stereocenters. The van der Waals surface area contributed by atoms with E-state index in [1.807, 2.05) is 0 Å². The lowest BCUT2D eigenvalue weighted by atomic mass is 9.86. The topological polar surface area (TPSA) is 124 Å². The van der Waals surface area contributed by atoms with Crippen LogP contribution in [0, 0.1) is 5.41 Å². The zero-order valence-electron chi connectivity index (χ0n) is 15.9. The molecule has 1 aromatic heterocycles. The number of sulfone groups is 1. The minimum atomic E-state index is -3.84. The number of amides is 1. The molecule has 1 amide bonds. The van der Waals surface area contributed by atoms with Gasteiger partial charge in [0, 0.05) is 25.3 Å². The molecule has 3 rings (SSSR count). The maximum Gasteiger partial charge on any atom is 0.260 e. The molecule has 2 aliphatic heterocycles. The van der Waals surface area contributed by atoms with Crippen LogP contribution in [0.1, 0.15) is 20.8 Å². The van der Waals surface area contributed by atoms with Crippen molar-refractivity contribution in [1.29, 1.82) is 0 Å². The molecule has 0 bridgehead atoms. The Morgan fingerprint density at radius 3 is 2.50 bits per heavy atom. The molecule has 0 N–H and O–H groups in total. The Labute approximate surface area is 175 Å².